The molecule has 0 bridgehead atoms. The van der Waals surface area contributed by atoms with E-state index in [4.69, 9.17) is 5.26 Å². The van der Waals surface area contributed by atoms with E-state index in [2.05, 4.69) is 6.07 Å². The molecule has 5 nitrogen and oxygen atoms in total. The summed E-state index contributed by atoms with van der Waals surface area (Å²) in [6.07, 6.45) is 0. The van der Waals surface area contributed by atoms with Crippen LogP contribution < -0.4 is 4.90 Å². The topological polar surface area (TPSA) is 81.4 Å². The van der Waals surface area contributed by atoms with Gasteiger partial charge < -0.3 is 5.11 Å². The van der Waals surface area contributed by atoms with Gasteiger partial charge in [0.1, 0.15) is 5.76 Å². The molecule has 1 N–H and O–H groups in total. The second-order valence-electron chi connectivity index (χ2n) is 8.00. The average Bonchev–Trinajstić information content (AvgIpc) is 3.05. The Labute approximate surface area is 186 Å². The van der Waals surface area contributed by atoms with Crippen molar-refractivity contribution < 1.29 is 14.7 Å². The van der Waals surface area contributed by atoms with Gasteiger partial charge >= 0.3 is 0 Å². The Morgan fingerprint density at radius 3 is 2.28 bits per heavy atom. The molecule has 0 aliphatic carbocycles. The molecule has 1 unspecified atom stereocenters. The molecule has 158 valence electrons. The summed E-state index contributed by atoms with van der Waals surface area (Å²) in [6, 6.07) is 20.9. The summed E-state index contributed by atoms with van der Waals surface area (Å²) in [4.78, 5) is 27.9. The third-order valence-electron chi connectivity index (χ3n) is 5.85. The minimum absolute atomic E-state index is 0.0577. The number of aryl methyl sites for hydroxylation is 3. The third-order valence-corrected chi connectivity index (χ3v) is 5.85. The molecule has 1 aliphatic rings. The number of hydrogen-bond donors (Lipinski definition) is 1. The lowest BCUT2D eigenvalue weighted by Crippen LogP contribution is -2.29. The van der Waals surface area contributed by atoms with E-state index in [1.54, 1.807) is 24.3 Å². The number of carbonyl (C=O) groups excluding carboxylic acids is 2. The number of carbonyl (C=O) groups is 2. The number of amides is 1. The van der Waals surface area contributed by atoms with Gasteiger partial charge in [0.05, 0.1) is 23.2 Å². The highest BCUT2D eigenvalue weighted by atomic mass is 16.3. The highest BCUT2D eigenvalue weighted by Crippen LogP contribution is 2.43. The van der Waals surface area contributed by atoms with E-state index in [1.807, 2.05) is 63.2 Å². The van der Waals surface area contributed by atoms with Crippen LogP contribution in [0, 0.1) is 32.1 Å². The molecule has 4 rings (SSSR count). The summed E-state index contributed by atoms with van der Waals surface area (Å²) in [7, 11) is 0. The molecule has 3 aromatic carbocycles. The Bertz CT molecular complexity index is 1310. The molecular formula is C27H22N2O3. The number of ketones is 1. The van der Waals surface area contributed by atoms with Crippen molar-refractivity contribution in [3.8, 4) is 6.07 Å². The largest absolute Gasteiger partial charge is 0.507 e. The predicted molar refractivity (Wildman–Crippen MR) is 123 cm³/mol. The second kappa shape index (κ2) is 8.16. The van der Waals surface area contributed by atoms with Crippen LogP contribution in [0.15, 0.2) is 72.3 Å². The van der Waals surface area contributed by atoms with Crippen LogP contribution >= 0.6 is 0 Å². The lowest BCUT2D eigenvalue weighted by atomic mass is 9.91. The number of nitrogens with zero attached hydrogens (tertiary/aromatic N) is 2. The highest BCUT2D eigenvalue weighted by Gasteiger charge is 2.47. The van der Waals surface area contributed by atoms with Gasteiger partial charge in [0.25, 0.3) is 11.7 Å². The van der Waals surface area contributed by atoms with Gasteiger partial charge in [-0.3, -0.25) is 14.5 Å². The number of aliphatic hydroxyl groups is 1. The number of Topliss-reactive ketones (excluding diaryl/α,β-unsaturated/α-hetero) is 1. The summed E-state index contributed by atoms with van der Waals surface area (Å²) in [5.41, 5.74) is 4.91. The van der Waals surface area contributed by atoms with E-state index in [1.165, 1.54) is 4.90 Å². The number of nitriles is 1. The first kappa shape index (κ1) is 21.1. The van der Waals surface area contributed by atoms with Crippen LogP contribution in [-0.4, -0.2) is 16.8 Å². The van der Waals surface area contributed by atoms with Crippen molar-refractivity contribution in [2.45, 2.75) is 26.8 Å². The van der Waals surface area contributed by atoms with Crippen LogP contribution in [-0.2, 0) is 9.59 Å². The first-order valence-electron chi connectivity index (χ1n) is 10.3. The van der Waals surface area contributed by atoms with Crippen LogP contribution in [0.1, 0.15) is 39.4 Å². The van der Waals surface area contributed by atoms with Crippen molar-refractivity contribution in [1.82, 2.24) is 0 Å². The maximum atomic E-state index is 13.3. The van der Waals surface area contributed by atoms with Crippen molar-refractivity contribution in [3.05, 3.63) is 106 Å². The molecule has 1 amide bonds. The molecule has 1 aliphatic heterocycles. The molecule has 0 radical (unpaired) electrons. The van der Waals surface area contributed by atoms with Crippen molar-refractivity contribution in [1.29, 1.82) is 5.26 Å². The molecule has 0 saturated carbocycles. The van der Waals surface area contributed by atoms with Crippen LogP contribution in [0.3, 0.4) is 0 Å². The molecule has 1 atom stereocenters. The van der Waals surface area contributed by atoms with Gasteiger partial charge in [-0.1, -0.05) is 42.0 Å². The zero-order valence-corrected chi connectivity index (χ0v) is 18.1. The van der Waals surface area contributed by atoms with Crippen LogP contribution in [0.2, 0.25) is 0 Å². The summed E-state index contributed by atoms with van der Waals surface area (Å²) < 4.78 is 0. The Balaban J connectivity index is 1.99. The van der Waals surface area contributed by atoms with E-state index in [0.29, 0.717) is 16.8 Å². The van der Waals surface area contributed by atoms with E-state index >= 15 is 0 Å². The van der Waals surface area contributed by atoms with Crippen molar-refractivity contribution in [2.75, 3.05) is 4.90 Å². The fourth-order valence-corrected chi connectivity index (χ4v) is 4.12. The third kappa shape index (κ3) is 3.46. The Morgan fingerprint density at radius 1 is 0.938 bits per heavy atom. The zero-order chi connectivity index (χ0) is 23.0. The minimum Gasteiger partial charge on any atom is -0.507 e. The average molecular weight is 422 g/mol. The first-order chi connectivity index (χ1) is 15.3. The molecule has 1 heterocycles. The van der Waals surface area contributed by atoms with Gasteiger partial charge in [0.15, 0.2) is 0 Å². The van der Waals surface area contributed by atoms with Crippen LogP contribution in [0.5, 0.6) is 0 Å². The van der Waals surface area contributed by atoms with Crippen molar-refractivity contribution >= 4 is 23.1 Å². The predicted octanol–water partition coefficient (Wildman–Crippen LogP) is 5.11. The highest BCUT2D eigenvalue weighted by molar-refractivity contribution is 6.51. The molecule has 0 aromatic heterocycles. The standard InChI is InChI=1S/C27H22N2O3/c1-16-8-9-18(3)22(14-16)25(30)23-24(21-7-5-4-6-17(21)2)29(27(32)26(23)31)20-12-10-19(15-28)11-13-20/h4-14,24,30H,1-3H3/b25-23+. The number of rotatable bonds is 3. The fraction of sp³-hybridized carbons (Fsp3) is 0.148. The quantitative estimate of drug-likeness (QED) is 0.361. The lowest BCUT2D eigenvalue weighted by molar-refractivity contribution is -0.132. The first-order valence-corrected chi connectivity index (χ1v) is 10.3. The van der Waals surface area contributed by atoms with Crippen molar-refractivity contribution in [3.63, 3.8) is 0 Å². The van der Waals surface area contributed by atoms with E-state index in [9.17, 15) is 14.7 Å². The fourth-order valence-electron chi connectivity index (χ4n) is 4.12. The van der Waals surface area contributed by atoms with E-state index in [-0.39, 0.29) is 11.3 Å². The smallest absolute Gasteiger partial charge is 0.300 e. The van der Waals surface area contributed by atoms with Crippen LogP contribution in [0.25, 0.3) is 5.76 Å². The summed E-state index contributed by atoms with van der Waals surface area (Å²) in [5.74, 6) is -1.63. The monoisotopic (exact) mass is 422 g/mol. The number of hydrogen-bond acceptors (Lipinski definition) is 4. The number of aliphatic hydroxyl groups excluding tert-OH is 1. The zero-order valence-electron chi connectivity index (χ0n) is 18.1. The Hall–Kier alpha value is -4.17. The Morgan fingerprint density at radius 2 is 1.62 bits per heavy atom. The second-order valence-corrected chi connectivity index (χ2v) is 8.00. The summed E-state index contributed by atoms with van der Waals surface area (Å²) >= 11 is 0. The van der Waals surface area contributed by atoms with E-state index in [0.717, 1.165) is 22.3 Å². The van der Waals surface area contributed by atoms with Gasteiger partial charge in [0.2, 0.25) is 0 Å². The maximum absolute atomic E-state index is 13.3. The van der Waals surface area contributed by atoms with Crippen LogP contribution in [0.4, 0.5) is 5.69 Å². The number of anilines is 1. The normalized spacial score (nSPS) is 17.4. The number of benzene rings is 3. The SMILES string of the molecule is Cc1ccc(C)c(/C(O)=C2\C(=O)C(=O)N(c3ccc(C#N)cc3)C2c2ccccc2C)c1. The molecular weight excluding hydrogens is 400 g/mol. The van der Waals surface area contributed by atoms with Gasteiger partial charge in [-0.25, -0.2) is 0 Å². The molecule has 1 fully saturated rings. The lowest BCUT2D eigenvalue weighted by Gasteiger charge is -2.26. The summed E-state index contributed by atoms with van der Waals surface area (Å²) in [6.45, 7) is 5.67. The molecule has 3 aromatic rings. The van der Waals surface area contributed by atoms with Gasteiger partial charge in [-0.2, -0.15) is 5.26 Å². The molecule has 32 heavy (non-hydrogen) atoms. The Kier molecular flexibility index (Phi) is 5.38. The van der Waals surface area contributed by atoms with Gasteiger partial charge in [-0.15, -0.1) is 0 Å². The maximum Gasteiger partial charge on any atom is 0.300 e. The molecule has 0 spiro atoms. The van der Waals surface area contributed by atoms with E-state index < -0.39 is 17.7 Å². The van der Waals surface area contributed by atoms with Crippen molar-refractivity contribution in [2.24, 2.45) is 0 Å². The minimum atomic E-state index is -0.788. The van der Waals surface area contributed by atoms with Gasteiger partial charge in [-0.05, 0) is 67.8 Å². The summed E-state index contributed by atoms with van der Waals surface area (Å²) in [5, 5.41) is 20.4. The van der Waals surface area contributed by atoms with Gasteiger partial charge in [0, 0.05) is 11.3 Å². The molecule has 5 heteroatoms. The molecule has 1 saturated heterocycles.